The van der Waals surface area contributed by atoms with Gasteiger partial charge in [0.1, 0.15) is 16.7 Å². The fourth-order valence-corrected chi connectivity index (χ4v) is 1.69. The van der Waals surface area contributed by atoms with Crippen LogP contribution in [-0.2, 0) is 0 Å². The van der Waals surface area contributed by atoms with Crippen molar-refractivity contribution in [3.63, 3.8) is 0 Å². The van der Waals surface area contributed by atoms with E-state index in [0.29, 0.717) is 10.5 Å². The van der Waals surface area contributed by atoms with E-state index in [4.69, 9.17) is 4.74 Å². The quantitative estimate of drug-likeness (QED) is 0.786. The number of ether oxygens (including phenoxy) is 1. The molecular formula is C10H6Br2N2O. The first-order valence-electron chi connectivity index (χ1n) is 4.15. The van der Waals surface area contributed by atoms with Gasteiger partial charge in [0.2, 0.25) is 5.88 Å². The Hall–Kier alpha value is -0.940. The number of halogens is 2. The summed E-state index contributed by atoms with van der Waals surface area (Å²) in [4.78, 5) is 7.90. The van der Waals surface area contributed by atoms with E-state index in [2.05, 4.69) is 41.8 Å². The fourth-order valence-electron chi connectivity index (χ4n) is 1.02. The van der Waals surface area contributed by atoms with Crippen molar-refractivity contribution in [1.82, 2.24) is 9.97 Å². The Labute approximate surface area is 104 Å². The summed E-state index contributed by atoms with van der Waals surface area (Å²) in [7, 11) is 0. The number of aromatic nitrogens is 2. The van der Waals surface area contributed by atoms with Crippen LogP contribution in [0.3, 0.4) is 0 Å². The van der Waals surface area contributed by atoms with Crippen LogP contribution in [0.4, 0.5) is 0 Å². The summed E-state index contributed by atoms with van der Waals surface area (Å²) in [5, 5.41) is 0. The maximum atomic E-state index is 5.53. The Kier molecular flexibility index (Phi) is 3.33. The van der Waals surface area contributed by atoms with Crippen molar-refractivity contribution in [2.24, 2.45) is 0 Å². The largest absolute Gasteiger partial charge is 0.439 e. The molecule has 0 bridgehead atoms. The van der Waals surface area contributed by atoms with Crippen molar-refractivity contribution in [1.29, 1.82) is 0 Å². The smallest absolute Gasteiger partial charge is 0.223 e. The van der Waals surface area contributed by atoms with E-state index in [1.165, 1.54) is 6.33 Å². The Balaban J connectivity index is 2.22. The van der Waals surface area contributed by atoms with Crippen molar-refractivity contribution in [2.75, 3.05) is 0 Å². The summed E-state index contributed by atoms with van der Waals surface area (Å²) in [5.74, 6) is 1.24. The zero-order valence-corrected chi connectivity index (χ0v) is 10.7. The maximum Gasteiger partial charge on any atom is 0.223 e. The highest BCUT2D eigenvalue weighted by molar-refractivity contribution is 9.10. The van der Waals surface area contributed by atoms with E-state index in [-0.39, 0.29) is 0 Å². The first kappa shape index (κ1) is 10.6. The van der Waals surface area contributed by atoms with Gasteiger partial charge in [0, 0.05) is 10.5 Å². The summed E-state index contributed by atoms with van der Waals surface area (Å²) in [6.07, 6.45) is 1.44. The minimum absolute atomic E-state index is 0.509. The third-order valence-corrected chi connectivity index (χ3v) is 2.55. The molecule has 2 rings (SSSR count). The van der Waals surface area contributed by atoms with Crippen LogP contribution in [0.25, 0.3) is 0 Å². The lowest BCUT2D eigenvalue weighted by Gasteiger charge is -2.04. The predicted octanol–water partition coefficient (Wildman–Crippen LogP) is 3.79. The molecule has 0 saturated carbocycles. The SMILES string of the molecule is Brc1cccc(Oc2cc(Br)ncn2)c1. The van der Waals surface area contributed by atoms with E-state index in [9.17, 15) is 0 Å². The van der Waals surface area contributed by atoms with Crippen LogP contribution in [0.5, 0.6) is 11.6 Å². The molecule has 15 heavy (non-hydrogen) atoms. The molecule has 76 valence electrons. The normalized spacial score (nSPS) is 10.0. The van der Waals surface area contributed by atoms with Crippen molar-refractivity contribution in [2.45, 2.75) is 0 Å². The highest BCUT2D eigenvalue weighted by atomic mass is 79.9. The molecule has 0 spiro atoms. The van der Waals surface area contributed by atoms with Crippen molar-refractivity contribution in [3.05, 3.63) is 45.7 Å². The van der Waals surface area contributed by atoms with E-state index in [1.54, 1.807) is 6.07 Å². The van der Waals surface area contributed by atoms with Crippen LogP contribution >= 0.6 is 31.9 Å². The summed E-state index contributed by atoms with van der Waals surface area (Å²) in [6.45, 7) is 0. The average molecular weight is 330 g/mol. The second-order valence-electron chi connectivity index (χ2n) is 2.74. The molecule has 0 amide bonds. The predicted molar refractivity (Wildman–Crippen MR) is 63.9 cm³/mol. The van der Waals surface area contributed by atoms with Gasteiger partial charge >= 0.3 is 0 Å². The number of nitrogens with zero attached hydrogens (tertiary/aromatic N) is 2. The van der Waals surface area contributed by atoms with Gasteiger partial charge in [-0.3, -0.25) is 0 Å². The second kappa shape index (κ2) is 4.72. The number of hydrogen-bond acceptors (Lipinski definition) is 3. The van der Waals surface area contributed by atoms with Crippen LogP contribution in [0, 0.1) is 0 Å². The van der Waals surface area contributed by atoms with Gasteiger partial charge in [-0.15, -0.1) is 0 Å². The lowest BCUT2D eigenvalue weighted by Crippen LogP contribution is -1.88. The highest BCUT2D eigenvalue weighted by Crippen LogP contribution is 2.23. The molecular weight excluding hydrogens is 324 g/mol. The maximum absolute atomic E-state index is 5.53. The van der Waals surface area contributed by atoms with Crippen molar-refractivity contribution in [3.8, 4) is 11.6 Å². The fraction of sp³-hybridized carbons (Fsp3) is 0. The molecule has 5 heteroatoms. The molecule has 0 aliphatic rings. The standard InChI is InChI=1S/C10H6Br2N2O/c11-7-2-1-3-8(4-7)15-10-5-9(12)13-6-14-10/h1-6H. The van der Waals surface area contributed by atoms with Crippen LogP contribution in [-0.4, -0.2) is 9.97 Å². The molecule has 1 aromatic carbocycles. The first-order chi connectivity index (χ1) is 7.24. The Morgan fingerprint density at radius 3 is 2.67 bits per heavy atom. The lowest BCUT2D eigenvalue weighted by molar-refractivity contribution is 0.460. The zero-order valence-electron chi connectivity index (χ0n) is 7.52. The molecule has 0 N–H and O–H groups in total. The van der Waals surface area contributed by atoms with Gasteiger partial charge in [0.25, 0.3) is 0 Å². The van der Waals surface area contributed by atoms with E-state index in [0.717, 1.165) is 10.2 Å². The van der Waals surface area contributed by atoms with Crippen LogP contribution in [0.1, 0.15) is 0 Å². The van der Waals surface area contributed by atoms with Crippen LogP contribution in [0.2, 0.25) is 0 Å². The monoisotopic (exact) mass is 328 g/mol. The number of hydrogen-bond donors (Lipinski definition) is 0. The van der Waals surface area contributed by atoms with Crippen LogP contribution < -0.4 is 4.74 Å². The molecule has 0 saturated heterocycles. The molecule has 2 aromatic rings. The van der Waals surface area contributed by atoms with Gasteiger partial charge in [-0.25, -0.2) is 9.97 Å². The van der Waals surface area contributed by atoms with Gasteiger partial charge in [-0.1, -0.05) is 22.0 Å². The average Bonchev–Trinajstić information content (AvgIpc) is 2.17. The number of benzene rings is 1. The van der Waals surface area contributed by atoms with Crippen LogP contribution in [0.15, 0.2) is 45.7 Å². The minimum atomic E-state index is 0.509. The van der Waals surface area contributed by atoms with Gasteiger partial charge < -0.3 is 4.74 Å². The second-order valence-corrected chi connectivity index (χ2v) is 4.47. The molecule has 3 nitrogen and oxygen atoms in total. The molecule has 0 atom stereocenters. The minimum Gasteiger partial charge on any atom is -0.439 e. The molecule has 1 heterocycles. The van der Waals surface area contributed by atoms with Gasteiger partial charge in [0.15, 0.2) is 0 Å². The Morgan fingerprint density at radius 1 is 1.07 bits per heavy atom. The highest BCUT2D eigenvalue weighted by Gasteiger charge is 1.99. The van der Waals surface area contributed by atoms with E-state index >= 15 is 0 Å². The molecule has 0 aliphatic heterocycles. The summed E-state index contributed by atoms with van der Waals surface area (Å²) < 4.78 is 7.19. The van der Waals surface area contributed by atoms with E-state index in [1.807, 2.05) is 24.3 Å². The zero-order chi connectivity index (χ0) is 10.7. The molecule has 0 unspecified atom stereocenters. The van der Waals surface area contributed by atoms with Gasteiger partial charge in [-0.05, 0) is 34.1 Å². The summed E-state index contributed by atoms with van der Waals surface area (Å²) in [6, 6.07) is 9.27. The lowest BCUT2D eigenvalue weighted by atomic mass is 10.3. The summed E-state index contributed by atoms with van der Waals surface area (Å²) >= 11 is 6.62. The molecule has 0 fully saturated rings. The van der Waals surface area contributed by atoms with Crippen molar-refractivity contribution < 1.29 is 4.74 Å². The molecule has 0 aliphatic carbocycles. The van der Waals surface area contributed by atoms with E-state index < -0.39 is 0 Å². The number of rotatable bonds is 2. The Bertz CT molecular complexity index is 433. The topological polar surface area (TPSA) is 35.0 Å². The first-order valence-corrected chi connectivity index (χ1v) is 5.73. The molecule has 1 aromatic heterocycles. The third kappa shape index (κ3) is 3.00. The molecule has 0 radical (unpaired) electrons. The van der Waals surface area contributed by atoms with Gasteiger partial charge in [0.05, 0.1) is 0 Å². The van der Waals surface area contributed by atoms with Crippen molar-refractivity contribution >= 4 is 31.9 Å². The Morgan fingerprint density at radius 2 is 1.93 bits per heavy atom. The summed E-state index contributed by atoms with van der Waals surface area (Å²) in [5.41, 5.74) is 0. The van der Waals surface area contributed by atoms with Gasteiger partial charge in [-0.2, -0.15) is 0 Å². The third-order valence-electron chi connectivity index (χ3n) is 1.63.